The molecule has 0 aromatic carbocycles. The molecule has 1 rings (SSSR count). The first-order chi connectivity index (χ1) is 6.56. The van der Waals surface area contributed by atoms with Crippen molar-refractivity contribution in [2.75, 3.05) is 11.9 Å². The van der Waals surface area contributed by atoms with Gasteiger partial charge in [0.05, 0.1) is 6.61 Å². The number of aliphatic hydroxyl groups excluding tert-OH is 1. The zero-order valence-corrected chi connectivity index (χ0v) is 7.97. The summed E-state index contributed by atoms with van der Waals surface area (Å²) >= 11 is 0. The first kappa shape index (κ1) is 10.5. The summed E-state index contributed by atoms with van der Waals surface area (Å²) in [6, 6.07) is -0.238. The third-order valence-corrected chi connectivity index (χ3v) is 1.76. The Kier molecular flexibility index (Phi) is 3.03. The summed E-state index contributed by atoms with van der Waals surface area (Å²) in [5, 5.41) is 25.9. The van der Waals surface area contributed by atoms with Gasteiger partial charge in [-0.3, -0.25) is 0 Å². The summed E-state index contributed by atoms with van der Waals surface area (Å²) in [5.74, 6) is -0.106. The Morgan fingerprint density at radius 3 is 3.00 bits per heavy atom. The van der Waals surface area contributed by atoms with E-state index in [4.69, 9.17) is 5.11 Å². The van der Waals surface area contributed by atoms with Crippen molar-refractivity contribution in [3.63, 3.8) is 0 Å². The van der Waals surface area contributed by atoms with Gasteiger partial charge in [-0.15, -0.1) is 4.68 Å². The van der Waals surface area contributed by atoms with Gasteiger partial charge < -0.3 is 20.5 Å². The number of nitrogens with one attached hydrogen (secondary N) is 1. The Morgan fingerprint density at radius 2 is 2.50 bits per heavy atom. The molecule has 0 saturated carbocycles. The Labute approximate surface area is 80.5 Å². The Morgan fingerprint density at radius 1 is 1.86 bits per heavy atom. The highest BCUT2D eigenvalue weighted by molar-refractivity contribution is 5.56. The van der Waals surface area contributed by atoms with Crippen molar-refractivity contribution < 1.29 is 10.0 Å². The van der Waals surface area contributed by atoms with E-state index in [0.29, 0.717) is 5.69 Å². The quantitative estimate of drug-likeness (QED) is 0.532. The normalized spacial score (nSPS) is 12.5. The van der Waals surface area contributed by atoms with Crippen LogP contribution in [-0.4, -0.2) is 32.5 Å². The number of aromatic nitrogens is 2. The van der Waals surface area contributed by atoms with E-state index >= 15 is 0 Å². The fourth-order valence-electron chi connectivity index (χ4n) is 1.06. The topological polar surface area (TPSA) is 93.2 Å². The average molecular weight is 200 g/mol. The molecule has 1 heterocycles. The van der Waals surface area contributed by atoms with Crippen molar-refractivity contribution in [2.45, 2.75) is 13.0 Å². The molecule has 0 amide bonds. The number of aryl methyl sites for hydroxylation is 1. The van der Waals surface area contributed by atoms with E-state index in [-0.39, 0.29) is 18.5 Å². The second-order valence-electron chi connectivity index (χ2n) is 2.99. The molecule has 0 spiro atoms. The summed E-state index contributed by atoms with van der Waals surface area (Å²) in [5.41, 5.74) is 0.319. The predicted molar refractivity (Wildman–Crippen MR) is 50.0 cm³/mol. The fourth-order valence-corrected chi connectivity index (χ4v) is 1.06. The molecule has 0 unspecified atom stereocenters. The van der Waals surface area contributed by atoms with E-state index in [1.54, 1.807) is 6.92 Å². The molecule has 7 nitrogen and oxygen atoms in total. The number of anilines is 1. The van der Waals surface area contributed by atoms with E-state index in [9.17, 15) is 10.1 Å². The zero-order chi connectivity index (χ0) is 10.7. The van der Waals surface area contributed by atoms with Gasteiger partial charge in [0.2, 0.25) is 0 Å². The van der Waals surface area contributed by atoms with Crippen molar-refractivity contribution in [3.8, 4) is 0 Å². The van der Waals surface area contributed by atoms with Gasteiger partial charge in [-0.2, -0.15) is 0 Å². The first-order valence-corrected chi connectivity index (χ1v) is 4.10. The average Bonchev–Trinajstić information content (AvgIpc) is 2.46. The van der Waals surface area contributed by atoms with Crippen LogP contribution >= 0.6 is 0 Å². The third-order valence-electron chi connectivity index (χ3n) is 1.76. The lowest BCUT2D eigenvalue weighted by atomic mass is 10.3. The van der Waals surface area contributed by atoms with Crippen LogP contribution < -0.4 is 5.32 Å². The van der Waals surface area contributed by atoms with Crippen LogP contribution in [0.1, 0.15) is 6.92 Å². The SMILES string of the molecule is C[C@@H](CO)Nc1cnn(C)c1[N+](=O)[O-]. The molecule has 0 aliphatic carbocycles. The van der Waals surface area contributed by atoms with E-state index < -0.39 is 4.92 Å². The lowest BCUT2D eigenvalue weighted by molar-refractivity contribution is -0.391. The van der Waals surface area contributed by atoms with Crippen molar-refractivity contribution in [3.05, 3.63) is 16.3 Å². The van der Waals surface area contributed by atoms with Crippen LogP contribution in [0.4, 0.5) is 11.5 Å². The lowest BCUT2D eigenvalue weighted by Crippen LogP contribution is -2.19. The molecule has 7 heteroatoms. The summed E-state index contributed by atoms with van der Waals surface area (Å²) in [6.07, 6.45) is 1.37. The second-order valence-corrected chi connectivity index (χ2v) is 2.99. The molecule has 0 radical (unpaired) electrons. The summed E-state index contributed by atoms with van der Waals surface area (Å²) in [7, 11) is 1.49. The standard InChI is InChI=1S/C7H12N4O3/c1-5(4-12)9-6-3-8-10(2)7(6)11(13)14/h3,5,9,12H,4H2,1-2H3/t5-/m0/s1. The maximum absolute atomic E-state index is 10.6. The highest BCUT2D eigenvalue weighted by Gasteiger charge is 2.19. The van der Waals surface area contributed by atoms with Crippen molar-refractivity contribution in [1.29, 1.82) is 0 Å². The fraction of sp³-hybridized carbons (Fsp3) is 0.571. The van der Waals surface area contributed by atoms with E-state index in [1.807, 2.05) is 0 Å². The van der Waals surface area contributed by atoms with Gasteiger partial charge in [0.15, 0.2) is 5.69 Å². The van der Waals surface area contributed by atoms with Crippen LogP contribution in [0.25, 0.3) is 0 Å². The monoisotopic (exact) mass is 200 g/mol. The van der Waals surface area contributed by atoms with Crippen LogP contribution in [0.3, 0.4) is 0 Å². The molecule has 0 aliphatic rings. The molecule has 0 aliphatic heterocycles. The molecule has 1 aromatic heterocycles. The molecule has 78 valence electrons. The molecular weight excluding hydrogens is 188 g/mol. The van der Waals surface area contributed by atoms with Crippen LogP contribution in [0, 0.1) is 10.1 Å². The van der Waals surface area contributed by atoms with E-state index in [0.717, 1.165) is 0 Å². The molecule has 14 heavy (non-hydrogen) atoms. The predicted octanol–water partition coefficient (Wildman–Crippen LogP) is 0.121. The van der Waals surface area contributed by atoms with E-state index in [2.05, 4.69) is 10.4 Å². The minimum absolute atomic E-state index is 0.0912. The van der Waals surface area contributed by atoms with Gasteiger partial charge >= 0.3 is 5.82 Å². The summed E-state index contributed by atoms with van der Waals surface area (Å²) in [4.78, 5) is 10.1. The largest absolute Gasteiger partial charge is 0.394 e. The number of hydrogen-bond donors (Lipinski definition) is 2. The first-order valence-electron chi connectivity index (χ1n) is 4.10. The van der Waals surface area contributed by atoms with Crippen LogP contribution in [0.2, 0.25) is 0 Å². The van der Waals surface area contributed by atoms with Crippen molar-refractivity contribution >= 4 is 11.5 Å². The molecule has 2 N–H and O–H groups in total. The molecule has 0 bridgehead atoms. The van der Waals surface area contributed by atoms with Crippen molar-refractivity contribution in [1.82, 2.24) is 9.78 Å². The number of aliphatic hydroxyl groups is 1. The Bertz CT molecular complexity index is 336. The van der Waals surface area contributed by atoms with Crippen LogP contribution in [0.5, 0.6) is 0 Å². The van der Waals surface area contributed by atoms with Gasteiger partial charge in [0.1, 0.15) is 13.2 Å². The van der Waals surface area contributed by atoms with Crippen molar-refractivity contribution in [2.24, 2.45) is 7.05 Å². The highest BCUT2D eigenvalue weighted by atomic mass is 16.6. The Hall–Kier alpha value is -1.63. The lowest BCUT2D eigenvalue weighted by Gasteiger charge is -2.09. The number of rotatable bonds is 4. The minimum Gasteiger partial charge on any atom is -0.394 e. The molecule has 0 fully saturated rings. The molecule has 1 atom stereocenters. The zero-order valence-electron chi connectivity index (χ0n) is 7.97. The van der Waals surface area contributed by atoms with Gasteiger partial charge in [-0.05, 0) is 11.8 Å². The van der Waals surface area contributed by atoms with E-state index in [1.165, 1.54) is 17.9 Å². The Balaban J connectivity index is 2.92. The third kappa shape index (κ3) is 1.99. The number of nitro groups is 1. The second kappa shape index (κ2) is 4.05. The number of hydrogen-bond acceptors (Lipinski definition) is 5. The van der Waals surface area contributed by atoms with Crippen LogP contribution in [0.15, 0.2) is 6.20 Å². The van der Waals surface area contributed by atoms with Gasteiger partial charge in [-0.25, -0.2) is 0 Å². The summed E-state index contributed by atoms with van der Waals surface area (Å²) < 4.78 is 1.17. The molecular formula is C7H12N4O3. The molecule has 1 aromatic rings. The smallest absolute Gasteiger partial charge is 0.368 e. The maximum Gasteiger partial charge on any atom is 0.368 e. The number of nitrogens with zero attached hydrogens (tertiary/aromatic N) is 3. The van der Waals surface area contributed by atoms with Gasteiger partial charge in [0, 0.05) is 6.04 Å². The van der Waals surface area contributed by atoms with Gasteiger partial charge in [0.25, 0.3) is 0 Å². The molecule has 0 saturated heterocycles. The summed E-state index contributed by atoms with van der Waals surface area (Å²) in [6.45, 7) is 1.63. The highest BCUT2D eigenvalue weighted by Crippen LogP contribution is 2.22. The minimum atomic E-state index is -0.514. The van der Waals surface area contributed by atoms with Gasteiger partial charge in [-0.1, -0.05) is 5.10 Å². The van der Waals surface area contributed by atoms with Crippen LogP contribution in [-0.2, 0) is 7.05 Å². The maximum atomic E-state index is 10.6.